The largest absolute Gasteiger partial charge is 0.495 e. The molecule has 1 aromatic heterocycles. The van der Waals surface area contributed by atoms with Crippen molar-refractivity contribution < 1.29 is 13.7 Å². The summed E-state index contributed by atoms with van der Waals surface area (Å²) in [5.41, 5.74) is 1.45. The van der Waals surface area contributed by atoms with Crippen LogP contribution in [0.2, 0.25) is 5.02 Å². The summed E-state index contributed by atoms with van der Waals surface area (Å²) in [7, 11) is -1.37. The third-order valence-corrected chi connectivity index (χ3v) is 5.80. The van der Waals surface area contributed by atoms with Crippen LogP contribution < -0.4 is 4.74 Å². The average Bonchev–Trinajstić information content (AvgIpc) is 2.72. The topological polar surface area (TPSA) is 68.6 Å². The highest BCUT2D eigenvalue weighted by Crippen LogP contribution is 2.18. The van der Waals surface area contributed by atoms with E-state index >= 15 is 0 Å². The maximum atomic E-state index is 12.9. The van der Waals surface area contributed by atoms with Gasteiger partial charge in [-0.05, 0) is 36.4 Å². The molecule has 0 bridgehead atoms. The lowest BCUT2D eigenvalue weighted by molar-refractivity contribution is 0.100. The summed E-state index contributed by atoms with van der Waals surface area (Å²) in [5.74, 6) is 5.98. The fourth-order valence-electron chi connectivity index (χ4n) is 2.48. The zero-order chi connectivity index (χ0) is 20.9. The van der Waals surface area contributed by atoms with Gasteiger partial charge in [0, 0.05) is 34.1 Å². The molecule has 0 spiro atoms. The van der Waals surface area contributed by atoms with Gasteiger partial charge in [0.25, 0.3) is 5.91 Å². The molecule has 1 amide bonds. The Hall–Kier alpha value is -3.14. The zero-order valence-corrected chi connectivity index (χ0v) is 17.3. The van der Waals surface area contributed by atoms with E-state index in [2.05, 4.69) is 21.2 Å². The number of carbonyl (C=O) groups is 1. The van der Waals surface area contributed by atoms with Crippen molar-refractivity contribution in [3.63, 3.8) is 0 Å². The molecule has 29 heavy (non-hydrogen) atoms. The van der Waals surface area contributed by atoms with Crippen LogP contribution in [0.4, 0.5) is 0 Å². The lowest BCUT2D eigenvalue weighted by Crippen LogP contribution is -2.04. The van der Waals surface area contributed by atoms with Gasteiger partial charge in [-0.2, -0.15) is 4.36 Å². The number of methoxy groups -OCH3 is 1. The highest BCUT2D eigenvalue weighted by molar-refractivity contribution is 7.93. The molecule has 0 radical (unpaired) electrons. The van der Waals surface area contributed by atoms with Crippen molar-refractivity contribution in [2.75, 3.05) is 13.4 Å². The van der Waals surface area contributed by atoms with E-state index in [1.54, 1.807) is 37.6 Å². The quantitative estimate of drug-likeness (QED) is 0.583. The van der Waals surface area contributed by atoms with Crippen molar-refractivity contribution in [2.45, 2.75) is 4.90 Å². The van der Waals surface area contributed by atoms with Gasteiger partial charge in [-0.3, -0.25) is 9.78 Å². The number of hydrogen-bond donors (Lipinski definition) is 0. The van der Waals surface area contributed by atoms with Gasteiger partial charge in [0.15, 0.2) is 0 Å². The van der Waals surface area contributed by atoms with E-state index in [1.807, 2.05) is 24.3 Å². The van der Waals surface area contributed by atoms with E-state index < -0.39 is 15.6 Å². The van der Waals surface area contributed by atoms with E-state index in [-0.39, 0.29) is 5.56 Å². The van der Waals surface area contributed by atoms with Crippen molar-refractivity contribution in [2.24, 2.45) is 4.36 Å². The third-order valence-electron chi connectivity index (χ3n) is 3.92. The van der Waals surface area contributed by atoms with Gasteiger partial charge in [0.2, 0.25) is 0 Å². The Kier molecular flexibility index (Phi) is 6.32. The van der Waals surface area contributed by atoms with Crippen LogP contribution in [-0.2, 0) is 9.73 Å². The lowest BCUT2D eigenvalue weighted by Gasteiger charge is -2.04. The highest BCUT2D eigenvalue weighted by atomic mass is 35.5. The molecule has 1 unspecified atom stereocenters. The predicted octanol–water partition coefficient (Wildman–Crippen LogP) is 4.44. The summed E-state index contributed by atoms with van der Waals surface area (Å²) < 4.78 is 22.1. The van der Waals surface area contributed by atoms with Gasteiger partial charge in [0.05, 0.1) is 28.0 Å². The van der Waals surface area contributed by atoms with Crippen molar-refractivity contribution in [3.05, 3.63) is 88.7 Å². The van der Waals surface area contributed by atoms with Gasteiger partial charge in [-0.25, -0.2) is 4.21 Å². The van der Waals surface area contributed by atoms with Crippen LogP contribution in [0.3, 0.4) is 0 Å². The molecule has 0 fully saturated rings. The SMILES string of the molecule is COc1ccccc1C#Cc1cncc(C(=O)N=S(C)(=O)c2cccc(Cl)c2)c1. The first-order valence-electron chi connectivity index (χ1n) is 8.51. The molecular formula is C22H17ClN2O3S. The molecule has 7 heteroatoms. The minimum atomic E-state index is -2.95. The second kappa shape index (κ2) is 8.91. The van der Waals surface area contributed by atoms with Crippen molar-refractivity contribution in [3.8, 4) is 17.6 Å². The number of rotatable bonds is 3. The number of hydrogen-bond acceptors (Lipinski definition) is 4. The number of pyridine rings is 1. The zero-order valence-electron chi connectivity index (χ0n) is 15.8. The Labute approximate surface area is 174 Å². The standard InChI is InChI=1S/C22H17ClN2O3S/c1-28-21-9-4-3-6-17(21)11-10-16-12-18(15-24-14-16)22(26)25-29(2,27)20-8-5-7-19(23)13-20/h3-9,12-15H,1-2H3. The molecule has 0 aliphatic heterocycles. The Bertz CT molecular complexity index is 1250. The normalized spacial score (nSPS) is 12.2. The van der Waals surface area contributed by atoms with E-state index in [4.69, 9.17) is 16.3 Å². The number of amides is 1. The summed E-state index contributed by atoms with van der Waals surface area (Å²) in [5, 5.41) is 0.426. The smallest absolute Gasteiger partial charge is 0.286 e. The molecule has 0 saturated heterocycles. The summed E-state index contributed by atoms with van der Waals surface area (Å²) in [6, 6.07) is 15.4. The maximum absolute atomic E-state index is 12.9. The van der Waals surface area contributed by atoms with Gasteiger partial charge >= 0.3 is 0 Å². The molecule has 1 atom stereocenters. The summed E-state index contributed by atoms with van der Waals surface area (Å²) >= 11 is 5.95. The second-order valence-corrected chi connectivity index (χ2v) is 8.76. The molecule has 0 aliphatic carbocycles. The Balaban J connectivity index is 1.91. The van der Waals surface area contributed by atoms with Gasteiger partial charge in [-0.15, -0.1) is 0 Å². The molecule has 5 nitrogen and oxygen atoms in total. The number of halogens is 1. The van der Waals surface area contributed by atoms with Crippen molar-refractivity contribution >= 4 is 27.2 Å². The first-order chi connectivity index (χ1) is 13.9. The van der Waals surface area contributed by atoms with E-state index in [9.17, 15) is 9.00 Å². The average molecular weight is 425 g/mol. The Morgan fingerprint density at radius 3 is 2.66 bits per heavy atom. The van der Waals surface area contributed by atoms with Crippen LogP contribution >= 0.6 is 11.6 Å². The van der Waals surface area contributed by atoms with Gasteiger partial charge < -0.3 is 4.74 Å². The number of para-hydroxylation sites is 1. The van der Waals surface area contributed by atoms with Crippen LogP contribution in [0.15, 0.2) is 76.2 Å². The molecule has 3 rings (SSSR count). The van der Waals surface area contributed by atoms with Gasteiger partial charge in [0.1, 0.15) is 5.75 Å². The lowest BCUT2D eigenvalue weighted by atomic mass is 10.1. The van der Waals surface area contributed by atoms with Crippen molar-refractivity contribution in [1.29, 1.82) is 0 Å². The van der Waals surface area contributed by atoms with Crippen LogP contribution in [0.1, 0.15) is 21.5 Å². The molecule has 146 valence electrons. The van der Waals surface area contributed by atoms with Crippen LogP contribution in [-0.4, -0.2) is 28.5 Å². The number of benzene rings is 2. The Morgan fingerprint density at radius 2 is 1.90 bits per heavy atom. The minimum Gasteiger partial charge on any atom is -0.495 e. The van der Waals surface area contributed by atoms with Crippen molar-refractivity contribution in [1.82, 2.24) is 4.98 Å². The molecule has 0 saturated carbocycles. The molecular weight excluding hydrogens is 408 g/mol. The minimum absolute atomic E-state index is 0.202. The fraction of sp³-hybridized carbons (Fsp3) is 0.0909. The summed E-state index contributed by atoms with van der Waals surface area (Å²) in [6.45, 7) is 0. The number of nitrogens with zero attached hydrogens (tertiary/aromatic N) is 2. The first kappa shape index (κ1) is 20.6. The Morgan fingerprint density at radius 1 is 1.10 bits per heavy atom. The summed E-state index contributed by atoms with van der Waals surface area (Å²) in [4.78, 5) is 17.0. The number of aromatic nitrogens is 1. The van der Waals surface area contributed by atoms with E-state index in [0.717, 1.165) is 0 Å². The van der Waals surface area contributed by atoms with Crippen LogP contribution in [0.5, 0.6) is 5.75 Å². The monoisotopic (exact) mass is 424 g/mol. The molecule has 2 aromatic carbocycles. The molecule has 1 heterocycles. The van der Waals surface area contributed by atoms with E-state index in [1.165, 1.54) is 18.5 Å². The predicted molar refractivity (Wildman–Crippen MR) is 114 cm³/mol. The highest BCUT2D eigenvalue weighted by Gasteiger charge is 2.12. The number of carbonyl (C=O) groups excluding carboxylic acids is 1. The molecule has 3 aromatic rings. The second-order valence-electron chi connectivity index (χ2n) is 6.07. The summed E-state index contributed by atoms with van der Waals surface area (Å²) in [6.07, 6.45) is 4.31. The number of ether oxygens (including phenoxy) is 1. The van der Waals surface area contributed by atoms with Crippen LogP contribution in [0, 0.1) is 11.8 Å². The fourth-order valence-corrected chi connectivity index (χ4v) is 3.94. The van der Waals surface area contributed by atoms with Crippen LogP contribution in [0.25, 0.3) is 0 Å². The maximum Gasteiger partial charge on any atom is 0.286 e. The molecule has 0 N–H and O–H groups in total. The first-order valence-corrected chi connectivity index (χ1v) is 10.8. The third kappa shape index (κ3) is 5.23. The molecule has 0 aliphatic rings. The van der Waals surface area contributed by atoms with E-state index in [0.29, 0.717) is 26.8 Å². The van der Waals surface area contributed by atoms with Gasteiger partial charge in [-0.1, -0.05) is 41.6 Å².